The summed E-state index contributed by atoms with van der Waals surface area (Å²) in [5.41, 5.74) is 1.16. The zero-order valence-corrected chi connectivity index (χ0v) is 17.1. The molecule has 0 saturated carbocycles. The maximum absolute atomic E-state index is 13.8. The highest BCUT2D eigenvalue weighted by molar-refractivity contribution is 5.82. The Kier molecular flexibility index (Phi) is 5.71. The van der Waals surface area contributed by atoms with Crippen LogP contribution < -0.4 is 5.32 Å². The van der Waals surface area contributed by atoms with E-state index in [0.717, 1.165) is 13.0 Å². The van der Waals surface area contributed by atoms with Gasteiger partial charge in [-0.2, -0.15) is 0 Å². The number of hydrogen-bond acceptors (Lipinski definition) is 8. The van der Waals surface area contributed by atoms with Gasteiger partial charge in [0.1, 0.15) is 30.5 Å². The number of aromatic nitrogens is 4. The molecule has 1 aromatic carbocycles. The summed E-state index contributed by atoms with van der Waals surface area (Å²) >= 11 is 0. The van der Waals surface area contributed by atoms with Crippen molar-refractivity contribution in [2.75, 3.05) is 25.1 Å². The van der Waals surface area contributed by atoms with E-state index < -0.39 is 30.4 Å². The SMILES string of the molecule is O[C@@H]1[C@H](O)[C@@H](C#Cc2ccccc2F)O[C@H]1n1cnc2c(NCC3CCOC3)ncnc21. The van der Waals surface area contributed by atoms with Gasteiger partial charge in [0, 0.05) is 19.1 Å². The smallest absolute Gasteiger partial charge is 0.167 e. The van der Waals surface area contributed by atoms with Gasteiger partial charge in [-0.25, -0.2) is 19.3 Å². The number of nitrogens with one attached hydrogen (secondary N) is 1. The van der Waals surface area contributed by atoms with E-state index in [2.05, 4.69) is 32.1 Å². The molecule has 5 rings (SSSR count). The second kappa shape index (κ2) is 8.80. The van der Waals surface area contributed by atoms with Crippen molar-refractivity contribution in [1.29, 1.82) is 0 Å². The van der Waals surface area contributed by atoms with Crippen molar-refractivity contribution in [3.63, 3.8) is 0 Å². The zero-order valence-electron chi connectivity index (χ0n) is 17.1. The van der Waals surface area contributed by atoms with E-state index in [1.54, 1.807) is 16.7 Å². The topological polar surface area (TPSA) is 115 Å². The maximum Gasteiger partial charge on any atom is 0.167 e. The third kappa shape index (κ3) is 3.91. The monoisotopic (exact) mass is 439 g/mol. The number of aliphatic hydroxyl groups excluding tert-OH is 2. The quantitative estimate of drug-likeness (QED) is 0.518. The summed E-state index contributed by atoms with van der Waals surface area (Å²) < 4.78 is 26.6. The summed E-state index contributed by atoms with van der Waals surface area (Å²) in [7, 11) is 0. The van der Waals surface area contributed by atoms with Gasteiger partial charge in [-0.05, 0) is 18.6 Å². The number of aliphatic hydroxyl groups is 2. The molecule has 0 radical (unpaired) electrons. The van der Waals surface area contributed by atoms with Gasteiger partial charge in [0.2, 0.25) is 0 Å². The molecule has 9 nitrogen and oxygen atoms in total. The molecule has 4 heterocycles. The number of anilines is 1. The largest absolute Gasteiger partial charge is 0.386 e. The van der Waals surface area contributed by atoms with E-state index in [-0.39, 0.29) is 5.56 Å². The molecule has 166 valence electrons. The lowest BCUT2D eigenvalue weighted by molar-refractivity contribution is -0.0230. The fourth-order valence-electron chi connectivity index (χ4n) is 3.87. The number of ether oxygens (including phenoxy) is 2. The Labute approximate surface area is 183 Å². The third-order valence-electron chi connectivity index (χ3n) is 5.68. The molecular formula is C22H22FN5O4. The minimum atomic E-state index is -1.28. The minimum absolute atomic E-state index is 0.186. The average molecular weight is 439 g/mol. The van der Waals surface area contributed by atoms with Crippen LogP contribution >= 0.6 is 0 Å². The predicted molar refractivity (Wildman–Crippen MR) is 112 cm³/mol. The molecule has 0 bridgehead atoms. The fourth-order valence-corrected chi connectivity index (χ4v) is 3.87. The van der Waals surface area contributed by atoms with Gasteiger partial charge in [-0.3, -0.25) is 4.57 Å². The second-order valence-electron chi connectivity index (χ2n) is 7.83. The van der Waals surface area contributed by atoms with Crippen LogP contribution in [0.5, 0.6) is 0 Å². The molecule has 0 amide bonds. The lowest BCUT2D eigenvalue weighted by Gasteiger charge is -2.16. The predicted octanol–water partition coefficient (Wildman–Crippen LogP) is 1.08. The fraction of sp³-hybridized carbons (Fsp3) is 0.409. The molecule has 2 aliphatic heterocycles. The van der Waals surface area contributed by atoms with Crippen LogP contribution in [0.15, 0.2) is 36.9 Å². The van der Waals surface area contributed by atoms with Crippen LogP contribution in [0.1, 0.15) is 18.2 Å². The van der Waals surface area contributed by atoms with Crippen molar-refractivity contribution in [3.8, 4) is 11.8 Å². The van der Waals surface area contributed by atoms with Crippen LogP contribution in [0.4, 0.5) is 10.2 Å². The number of halogens is 1. The Morgan fingerprint density at radius 2 is 2.06 bits per heavy atom. The Hall–Kier alpha value is -3.10. The molecule has 10 heteroatoms. The number of rotatable bonds is 4. The highest BCUT2D eigenvalue weighted by atomic mass is 19.1. The van der Waals surface area contributed by atoms with Crippen molar-refractivity contribution in [2.24, 2.45) is 5.92 Å². The molecular weight excluding hydrogens is 417 g/mol. The molecule has 0 spiro atoms. The Bertz CT molecular complexity index is 1170. The van der Waals surface area contributed by atoms with E-state index in [1.807, 2.05) is 0 Å². The van der Waals surface area contributed by atoms with Crippen LogP contribution in [-0.2, 0) is 9.47 Å². The molecule has 1 unspecified atom stereocenters. The van der Waals surface area contributed by atoms with Crippen LogP contribution in [0.25, 0.3) is 11.2 Å². The maximum atomic E-state index is 13.8. The van der Waals surface area contributed by atoms with Gasteiger partial charge in [0.25, 0.3) is 0 Å². The molecule has 2 aliphatic rings. The van der Waals surface area contributed by atoms with Crippen molar-refractivity contribution >= 4 is 17.0 Å². The summed E-state index contributed by atoms with van der Waals surface area (Å²) in [4.78, 5) is 12.9. The van der Waals surface area contributed by atoms with Gasteiger partial charge in [-0.1, -0.05) is 24.0 Å². The Morgan fingerprint density at radius 3 is 2.88 bits per heavy atom. The molecule has 3 N–H and O–H groups in total. The average Bonchev–Trinajstić information content (AvgIpc) is 3.53. The van der Waals surface area contributed by atoms with Gasteiger partial charge in [0.05, 0.1) is 18.5 Å². The molecule has 2 aromatic heterocycles. The summed E-state index contributed by atoms with van der Waals surface area (Å²) in [5.74, 6) is 5.89. The van der Waals surface area contributed by atoms with Crippen LogP contribution in [-0.4, -0.2) is 67.8 Å². The first-order valence-electron chi connectivity index (χ1n) is 10.4. The first kappa shape index (κ1) is 20.8. The van der Waals surface area contributed by atoms with Gasteiger partial charge < -0.3 is 25.0 Å². The van der Waals surface area contributed by atoms with E-state index in [4.69, 9.17) is 9.47 Å². The van der Waals surface area contributed by atoms with Gasteiger partial charge >= 0.3 is 0 Å². The molecule has 32 heavy (non-hydrogen) atoms. The second-order valence-corrected chi connectivity index (χ2v) is 7.83. The Balaban J connectivity index is 1.37. The summed E-state index contributed by atoms with van der Waals surface area (Å²) in [5, 5.41) is 24.3. The number of fused-ring (bicyclic) bond motifs is 1. The highest BCUT2D eigenvalue weighted by Crippen LogP contribution is 2.32. The number of imidazole rings is 1. The van der Waals surface area contributed by atoms with E-state index in [9.17, 15) is 14.6 Å². The third-order valence-corrected chi connectivity index (χ3v) is 5.68. The van der Waals surface area contributed by atoms with Crippen LogP contribution in [0, 0.1) is 23.6 Å². The number of nitrogens with zero attached hydrogens (tertiary/aromatic N) is 4. The summed E-state index contributed by atoms with van der Waals surface area (Å²) in [6, 6.07) is 6.07. The molecule has 2 saturated heterocycles. The van der Waals surface area contributed by atoms with Crippen LogP contribution in [0.2, 0.25) is 0 Å². The number of hydrogen-bond donors (Lipinski definition) is 3. The van der Waals surface area contributed by atoms with Crippen molar-refractivity contribution in [2.45, 2.75) is 31.0 Å². The van der Waals surface area contributed by atoms with E-state index in [0.29, 0.717) is 36.1 Å². The Morgan fingerprint density at radius 1 is 1.19 bits per heavy atom. The van der Waals surface area contributed by atoms with E-state index >= 15 is 0 Å². The summed E-state index contributed by atoms with van der Waals surface area (Å²) in [6.45, 7) is 2.18. The van der Waals surface area contributed by atoms with Gasteiger partial charge in [0.15, 0.2) is 23.2 Å². The molecule has 3 aromatic rings. The van der Waals surface area contributed by atoms with E-state index in [1.165, 1.54) is 24.8 Å². The van der Waals surface area contributed by atoms with Crippen LogP contribution in [0.3, 0.4) is 0 Å². The lowest BCUT2D eigenvalue weighted by atomic mass is 10.1. The molecule has 5 atom stereocenters. The van der Waals surface area contributed by atoms with Crippen molar-refractivity contribution in [3.05, 3.63) is 48.3 Å². The highest BCUT2D eigenvalue weighted by Gasteiger charge is 2.43. The summed E-state index contributed by atoms with van der Waals surface area (Å²) in [6.07, 6.45) is -0.634. The first-order valence-corrected chi connectivity index (χ1v) is 10.4. The van der Waals surface area contributed by atoms with Crippen molar-refractivity contribution in [1.82, 2.24) is 19.5 Å². The lowest BCUT2D eigenvalue weighted by Crippen LogP contribution is -2.31. The first-order chi connectivity index (χ1) is 15.6. The van der Waals surface area contributed by atoms with Crippen molar-refractivity contribution < 1.29 is 24.1 Å². The molecule has 0 aliphatic carbocycles. The molecule has 2 fully saturated rings. The minimum Gasteiger partial charge on any atom is -0.386 e. The zero-order chi connectivity index (χ0) is 22.1. The standard InChI is InChI=1S/C22H22FN5O4/c23-15-4-2-1-3-14(15)5-6-16-18(29)19(30)22(32-16)28-12-27-17-20(25-11-26-21(17)28)24-9-13-7-8-31-10-13/h1-4,11-13,16,18-19,22,29-30H,7-10H2,(H,24,25,26)/t13?,16-,18-,19-,22-/m1/s1. The number of benzene rings is 1. The normalized spacial score (nSPS) is 27.4. The van der Waals surface area contributed by atoms with Gasteiger partial charge in [-0.15, -0.1) is 0 Å².